The zero-order valence-electron chi connectivity index (χ0n) is 27.4. The van der Waals surface area contributed by atoms with E-state index in [9.17, 15) is 19.2 Å². The number of carbonyl (C=O) groups excluding carboxylic acids is 2. The standard InChI is InChI=1S/C34H33ClF2N6O6/c1-6-49-33(46)18-14-43(15-18)24-12-7-17-13-23(39-31(48-5)26(17)24)19-8-9-21(37)27(28(19)35)25-16(2)22(11-10-20(25)36)38-30(44)29-32(45)41(3)34(47)42(4)40-29/h8-11,13,18,24H,6-7,12,14-15H2,1-5H3,(H,38,44). The number of esters is 1. The minimum atomic E-state index is -0.945. The van der Waals surface area contributed by atoms with Gasteiger partial charge < -0.3 is 14.8 Å². The second-order valence-corrected chi connectivity index (χ2v) is 12.4. The lowest BCUT2D eigenvalue weighted by atomic mass is 9.94. The molecule has 6 rings (SSSR count). The molecule has 0 saturated carbocycles. The van der Waals surface area contributed by atoms with Crippen LogP contribution < -0.4 is 21.3 Å². The van der Waals surface area contributed by atoms with Crippen LogP contribution in [0.4, 0.5) is 14.5 Å². The summed E-state index contributed by atoms with van der Waals surface area (Å²) in [7, 11) is 4.01. The van der Waals surface area contributed by atoms with E-state index in [4.69, 9.17) is 26.1 Å². The number of carbonyl (C=O) groups is 2. The third-order valence-electron chi connectivity index (χ3n) is 9.11. The highest BCUT2D eigenvalue weighted by atomic mass is 35.5. The van der Waals surface area contributed by atoms with E-state index in [2.05, 4.69) is 15.3 Å². The van der Waals surface area contributed by atoms with Crippen molar-refractivity contribution in [2.45, 2.75) is 32.7 Å². The van der Waals surface area contributed by atoms with Crippen molar-refractivity contribution in [3.8, 4) is 28.3 Å². The van der Waals surface area contributed by atoms with Gasteiger partial charge in [0.15, 0.2) is 0 Å². The van der Waals surface area contributed by atoms with E-state index >= 15 is 8.78 Å². The Morgan fingerprint density at radius 1 is 1.08 bits per heavy atom. The molecule has 2 aliphatic rings. The summed E-state index contributed by atoms with van der Waals surface area (Å²) in [5.41, 5.74) is 0.169. The van der Waals surface area contributed by atoms with Crippen LogP contribution in [-0.2, 0) is 30.0 Å². The van der Waals surface area contributed by atoms with E-state index in [1.54, 1.807) is 6.92 Å². The Morgan fingerprint density at radius 2 is 1.78 bits per heavy atom. The molecule has 4 aromatic rings. The van der Waals surface area contributed by atoms with Gasteiger partial charge in [-0.3, -0.25) is 23.9 Å². The maximum atomic E-state index is 15.6. The smallest absolute Gasteiger partial charge is 0.346 e. The predicted molar refractivity (Wildman–Crippen MR) is 177 cm³/mol. The summed E-state index contributed by atoms with van der Waals surface area (Å²) in [5.74, 6) is -2.56. The van der Waals surface area contributed by atoms with Crippen LogP contribution >= 0.6 is 11.6 Å². The molecule has 1 atom stereocenters. The number of likely N-dealkylation sites (tertiary alicyclic amines) is 1. The van der Waals surface area contributed by atoms with Crippen LogP contribution in [-0.4, -0.2) is 62.9 Å². The molecule has 1 fully saturated rings. The van der Waals surface area contributed by atoms with E-state index in [0.717, 1.165) is 32.9 Å². The molecule has 12 nitrogen and oxygen atoms in total. The van der Waals surface area contributed by atoms with Gasteiger partial charge in [0.1, 0.15) is 11.6 Å². The Morgan fingerprint density at radius 3 is 2.47 bits per heavy atom. The van der Waals surface area contributed by atoms with Crippen LogP contribution in [0.3, 0.4) is 0 Å². The van der Waals surface area contributed by atoms with E-state index in [0.29, 0.717) is 43.3 Å². The molecule has 49 heavy (non-hydrogen) atoms. The van der Waals surface area contributed by atoms with Gasteiger partial charge in [0.25, 0.3) is 11.5 Å². The number of nitrogens with zero attached hydrogens (tertiary/aromatic N) is 5. The molecule has 0 bridgehead atoms. The molecule has 1 saturated heterocycles. The maximum absolute atomic E-state index is 15.6. The molecule has 3 heterocycles. The average Bonchev–Trinajstić information content (AvgIpc) is 3.47. The number of fused-ring (bicyclic) bond motifs is 1. The maximum Gasteiger partial charge on any atom is 0.346 e. The minimum absolute atomic E-state index is 0.00211. The Balaban J connectivity index is 1.35. The molecule has 1 aliphatic heterocycles. The number of benzene rings is 2. The first-order valence-corrected chi connectivity index (χ1v) is 16.0. The Labute approximate surface area is 284 Å². The second kappa shape index (κ2) is 13.2. The minimum Gasteiger partial charge on any atom is -0.481 e. The number of nitrogens with one attached hydrogen (secondary N) is 1. The lowest BCUT2D eigenvalue weighted by Crippen LogP contribution is -2.51. The first-order valence-electron chi connectivity index (χ1n) is 15.6. The first-order chi connectivity index (χ1) is 23.4. The molecule has 1 amide bonds. The van der Waals surface area contributed by atoms with Crippen molar-refractivity contribution in [3.63, 3.8) is 0 Å². The Bertz CT molecular complexity index is 2150. The first kappa shape index (κ1) is 33.9. The number of halogens is 3. The molecule has 2 aromatic carbocycles. The van der Waals surface area contributed by atoms with Crippen molar-refractivity contribution >= 4 is 29.2 Å². The molecule has 0 spiro atoms. The second-order valence-electron chi connectivity index (χ2n) is 12.0. The van der Waals surface area contributed by atoms with Crippen molar-refractivity contribution in [2.75, 3.05) is 32.1 Å². The van der Waals surface area contributed by atoms with Gasteiger partial charge in [-0.15, -0.1) is 0 Å². The van der Waals surface area contributed by atoms with Crippen LogP contribution in [0.1, 0.15) is 46.6 Å². The number of ether oxygens (including phenoxy) is 2. The topological polar surface area (TPSA) is 138 Å². The van der Waals surface area contributed by atoms with Crippen LogP contribution in [0.2, 0.25) is 5.02 Å². The average molecular weight is 695 g/mol. The molecular weight excluding hydrogens is 662 g/mol. The normalized spacial score (nSPS) is 15.9. The highest BCUT2D eigenvalue weighted by Gasteiger charge is 2.42. The number of rotatable bonds is 8. The van der Waals surface area contributed by atoms with Crippen LogP contribution in [0, 0.1) is 24.5 Å². The number of anilines is 1. The fraction of sp³-hybridized carbons (Fsp3) is 0.353. The molecule has 1 aliphatic carbocycles. The van der Waals surface area contributed by atoms with Gasteiger partial charge in [-0.2, -0.15) is 5.10 Å². The monoisotopic (exact) mass is 694 g/mol. The number of pyridine rings is 1. The van der Waals surface area contributed by atoms with Gasteiger partial charge in [0.05, 0.1) is 30.4 Å². The number of aryl methyl sites for hydroxylation is 2. The fourth-order valence-corrected chi connectivity index (χ4v) is 6.88. The third-order valence-corrected chi connectivity index (χ3v) is 9.50. The highest BCUT2D eigenvalue weighted by molar-refractivity contribution is 6.36. The predicted octanol–water partition coefficient (Wildman–Crippen LogP) is 4.19. The van der Waals surface area contributed by atoms with Gasteiger partial charge in [-0.05, 0) is 68.1 Å². The van der Waals surface area contributed by atoms with Gasteiger partial charge in [-0.1, -0.05) is 11.6 Å². The lowest BCUT2D eigenvalue weighted by molar-refractivity contribution is -0.155. The van der Waals surface area contributed by atoms with Crippen LogP contribution in [0.5, 0.6) is 5.88 Å². The van der Waals surface area contributed by atoms with Gasteiger partial charge in [0, 0.05) is 61.2 Å². The zero-order valence-corrected chi connectivity index (χ0v) is 28.2. The Hall–Kier alpha value is -4.95. The van der Waals surface area contributed by atoms with Crippen molar-refractivity contribution in [1.82, 2.24) is 24.2 Å². The SMILES string of the molecule is CCOC(=O)C1CN(C2CCc3cc(-c4ccc(F)c(-c5c(F)ccc(NC(=O)c6nn(C)c(=O)n(C)c6=O)c5C)c4Cl)nc(OC)c32)C1. The zero-order chi connectivity index (χ0) is 35.3. The fourth-order valence-electron chi connectivity index (χ4n) is 6.54. The summed E-state index contributed by atoms with van der Waals surface area (Å²) in [5, 5.41) is 6.19. The van der Waals surface area contributed by atoms with Gasteiger partial charge in [0.2, 0.25) is 11.6 Å². The number of hydrogen-bond acceptors (Lipinski definition) is 9. The van der Waals surface area contributed by atoms with Crippen molar-refractivity contribution < 1.29 is 27.8 Å². The third kappa shape index (κ3) is 5.88. The molecule has 1 unspecified atom stereocenters. The summed E-state index contributed by atoms with van der Waals surface area (Å²) in [6, 6.07) is 6.81. The summed E-state index contributed by atoms with van der Waals surface area (Å²) < 4.78 is 43.6. The van der Waals surface area contributed by atoms with Crippen molar-refractivity contribution in [1.29, 1.82) is 0 Å². The number of amides is 1. The van der Waals surface area contributed by atoms with Gasteiger partial charge >= 0.3 is 11.7 Å². The molecule has 2 aromatic heterocycles. The van der Waals surface area contributed by atoms with E-state index in [-0.39, 0.29) is 45.3 Å². The van der Waals surface area contributed by atoms with Gasteiger partial charge in [-0.25, -0.2) is 23.2 Å². The summed E-state index contributed by atoms with van der Waals surface area (Å²) in [6.07, 6.45) is 1.50. The van der Waals surface area contributed by atoms with Crippen LogP contribution in [0.25, 0.3) is 22.4 Å². The van der Waals surface area contributed by atoms with Crippen LogP contribution in [0.15, 0.2) is 39.9 Å². The number of hydrogen-bond donors (Lipinski definition) is 1. The largest absolute Gasteiger partial charge is 0.481 e. The summed E-state index contributed by atoms with van der Waals surface area (Å²) in [4.78, 5) is 56.8. The number of methoxy groups -OCH3 is 1. The van der Waals surface area contributed by atoms with E-state index < -0.39 is 34.5 Å². The molecular formula is C34H33ClF2N6O6. The summed E-state index contributed by atoms with van der Waals surface area (Å²) in [6.45, 7) is 4.74. The Kier molecular flexibility index (Phi) is 9.11. The molecule has 0 radical (unpaired) electrons. The van der Waals surface area contributed by atoms with Crippen molar-refractivity contribution in [2.24, 2.45) is 20.0 Å². The lowest BCUT2D eigenvalue weighted by Gasteiger charge is -2.42. The summed E-state index contributed by atoms with van der Waals surface area (Å²) >= 11 is 6.87. The quantitative estimate of drug-likeness (QED) is 0.269. The number of aromatic nitrogens is 4. The molecule has 256 valence electrons. The highest BCUT2D eigenvalue weighted by Crippen LogP contribution is 2.47. The van der Waals surface area contributed by atoms with E-state index in [1.807, 2.05) is 6.07 Å². The van der Waals surface area contributed by atoms with E-state index in [1.165, 1.54) is 46.3 Å². The van der Waals surface area contributed by atoms with Crippen molar-refractivity contribution in [3.05, 3.63) is 90.2 Å². The molecule has 15 heteroatoms. The molecule has 1 N–H and O–H groups in total.